The Labute approximate surface area is 123 Å². The van der Waals surface area contributed by atoms with E-state index < -0.39 is 14.8 Å². The number of carbonyl (C=O) groups excluding carboxylic acids is 2. The number of rotatable bonds is 1. The maximum Gasteiger partial charge on any atom is 0.436 e. The Kier molecular flexibility index (Phi) is 3.22. The molecular formula is C14H9O5S2+. The van der Waals surface area contributed by atoms with Crippen LogP contribution in [0, 0.1) is 0 Å². The predicted molar refractivity (Wildman–Crippen MR) is 78.8 cm³/mol. The van der Waals surface area contributed by atoms with Crippen LogP contribution in [-0.4, -0.2) is 24.9 Å². The molecule has 0 atom stereocenters. The van der Waals surface area contributed by atoms with Crippen molar-refractivity contribution >= 4 is 30.9 Å². The minimum atomic E-state index is -4.13. The topological polar surface area (TPSA) is 91.7 Å². The maximum absolute atomic E-state index is 12.5. The van der Waals surface area contributed by atoms with Crippen molar-refractivity contribution in [1.29, 1.82) is 0 Å². The van der Waals surface area contributed by atoms with Gasteiger partial charge in [0.2, 0.25) is 0 Å². The monoisotopic (exact) mass is 321 g/mol. The molecule has 21 heavy (non-hydrogen) atoms. The Bertz CT molecular complexity index is 899. The lowest BCUT2D eigenvalue weighted by Crippen LogP contribution is -2.22. The Morgan fingerprint density at radius 3 is 2.00 bits per heavy atom. The minimum absolute atomic E-state index is 0.0574. The van der Waals surface area contributed by atoms with Gasteiger partial charge in [-0.15, -0.1) is 0 Å². The molecule has 0 saturated heterocycles. The summed E-state index contributed by atoms with van der Waals surface area (Å²) in [6.07, 6.45) is 0. The number of carbonyl (C=O) groups is 2. The molecule has 0 fully saturated rings. The van der Waals surface area contributed by atoms with Crippen LogP contribution in [-0.2, 0) is 19.4 Å². The lowest BCUT2D eigenvalue weighted by atomic mass is 9.84. The summed E-state index contributed by atoms with van der Waals surface area (Å²) in [6.45, 7) is 0. The maximum atomic E-state index is 12.5. The van der Waals surface area contributed by atoms with Crippen LogP contribution < -0.4 is 0 Å². The third-order valence-electron chi connectivity index (χ3n) is 3.11. The summed E-state index contributed by atoms with van der Waals surface area (Å²) in [7, 11) is -3.86. The standard InChI is InChI=1S/C14H8O5S2/c15-13-8-4-1-2-5-9(8)14(16)12-10(13)6-3-7-11(12)20-21(17,18)19/h1-7H,(H-,16,17,18,19)/p+1. The number of ketones is 2. The van der Waals surface area contributed by atoms with Gasteiger partial charge >= 0.3 is 19.4 Å². The summed E-state index contributed by atoms with van der Waals surface area (Å²) in [5.41, 5.74) is 0.797. The van der Waals surface area contributed by atoms with Gasteiger partial charge in [0, 0.05) is 22.8 Å². The van der Waals surface area contributed by atoms with Crippen molar-refractivity contribution in [1.82, 2.24) is 0 Å². The molecule has 5 nitrogen and oxygen atoms in total. The molecule has 0 aliphatic heterocycles. The Hall–Kier alpha value is -1.93. The highest BCUT2D eigenvalue weighted by molar-refractivity contribution is 8.34. The summed E-state index contributed by atoms with van der Waals surface area (Å²) >= 11 is 0. The third-order valence-corrected chi connectivity index (χ3v) is 5.04. The van der Waals surface area contributed by atoms with E-state index in [1.54, 1.807) is 18.2 Å². The summed E-state index contributed by atoms with van der Waals surface area (Å²) in [6, 6.07) is 10.8. The highest BCUT2D eigenvalue weighted by atomic mass is 32.9. The molecule has 2 aromatic carbocycles. The van der Waals surface area contributed by atoms with E-state index in [1.165, 1.54) is 24.3 Å². The van der Waals surface area contributed by atoms with Gasteiger partial charge in [-0.3, -0.25) is 18.7 Å². The van der Waals surface area contributed by atoms with E-state index in [0.717, 1.165) is 0 Å². The molecule has 0 unspecified atom stereocenters. The molecule has 0 bridgehead atoms. The lowest BCUT2D eigenvalue weighted by molar-refractivity contribution is 0.0977. The summed E-state index contributed by atoms with van der Waals surface area (Å²) in [4.78, 5) is 25.1. The first-order chi connectivity index (χ1) is 9.88. The Morgan fingerprint density at radius 1 is 0.810 bits per heavy atom. The van der Waals surface area contributed by atoms with Crippen molar-refractivity contribution in [2.24, 2.45) is 0 Å². The van der Waals surface area contributed by atoms with Gasteiger partial charge in [0.25, 0.3) is 4.90 Å². The predicted octanol–water partition coefficient (Wildman–Crippen LogP) is 2.05. The molecule has 0 aromatic heterocycles. The van der Waals surface area contributed by atoms with Crippen LogP contribution >= 0.6 is 0 Å². The van der Waals surface area contributed by atoms with Gasteiger partial charge in [-0.2, -0.15) is 4.21 Å². The van der Waals surface area contributed by atoms with Gasteiger partial charge < -0.3 is 0 Å². The molecule has 2 aromatic rings. The number of benzene rings is 2. The first-order valence-corrected chi connectivity index (χ1v) is 8.69. The van der Waals surface area contributed by atoms with Gasteiger partial charge in [0.15, 0.2) is 11.6 Å². The van der Waals surface area contributed by atoms with Crippen molar-refractivity contribution in [3.8, 4) is 0 Å². The van der Waals surface area contributed by atoms with Crippen LogP contribution in [0.4, 0.5) is 0 Å². The number of hydrogen-bond donors (Lipinski definition) is 2. The molecule has 1 aliphatic carbocycles. The fourth-order valence-electron chi connectivity index (χ4n) is 2.30. The second-order valence-corrected chi connectivity index (χ2v) is 7.72. The molecule has 106 valence electrons. The van der Waals surface area contributed by atoms with E-state index in [0.29, 0.717) is 5.56 Å². The van der Waals surface area contributed by atoms with Crippen LogP contribution in [0.2, 0.25) is 0 Å². The summed E-state index contributed by atoms with van der Waals surface area (Å²) in [5.74, 6) is -0.711. The molecule has 3 rings (SSSR count). The van der Waals surface area contributed by atoms with Crippen LogP contribution in [0.5, 0.6) is 0 Å². The zero-order valence-corrected chi connectivity index (χ0v) is 12.1. The van der Waals surface area contributed by atoms with Crippen LogP contribution in [0.25, 0.3) is 0 Å². The Morgan fingerprint density at radius 2 is 1.38 bits per heavy atom. The van der Waals surface area contributed by atoms with E-state index in [1.807, 2.05) is 0 Å². The quantitative estimate of drug-likeness (QED) is 0.669. The summed E-state index contributed by atoms with van der Waals surface area (Å²) < 4.78 is 29.3. The molecule has 0 spiro atoms. The van der Waals surface area contributed by atoms with E-state index in [-0.39, 0.29) is 37.7 Å². The molecule has 0 radical (unpaired) electrons. The molecule has 0 heterocycles. The van der Waals surface area contributed by atoms with Gasteiger partial charge in [-0.1, -0.05) is 30.3 Å². The van der Waals surface area contributed by atoms with E-state index in [2.05, 4.69) is 0 Å². The fourth-order valence-corrected chi connectivity index (χ4v) is 4.07. The highest BCUT2D eigenvalue weighted by Gasteiger charge is 2.35. The molecule has 0 amide bonds. The number of fused-ring (bicyclic) bond motifs is 2. The van der Waals surface area contributed by atoms with Gasteiger partial charge in [-0.25, -0.2) is 0 Å². The smallest absolute Gasteiger partial charge is 0.289 e. The van der Waals surface area contributed by atoms with Gasteiger partial charge in [-0.05, 0) is 6.07 Å². The molecule has 1 aliphatic rings. The average molecular weight is 321 g/mol. The second-order valence-electron chi connectivity index (χ2n) is 4.41. The zero-order valence-electron chi connectivity index (χ0n) is 10.5. The fraction of sp³-hybridized carbons (Fsp3) is 0. The highest BCUT2D eigenvalue weighted by Crippen LogP contribution is 2.29. The Balaban J connectivity index is 2.34. The average Bonchev–Trinajstić information content (AvgIpc) is 2.43. The van der Waals surface area contributed by atoms with Crippen LogP contribution in [0.1, 0.15) is 31.8 Å². The van der Waals surface area contributed by atoms with E-state index in [4.69, 9.17) is 9.11 Å². The summed E-state index contributed by atoms with van der Waals surface area (Å²) in [5, 5.41) is 0. The normalized spacial score (nSPS) is 13.6. The van der Waals surface area contributed by atoms with Crippen LogP contribution in [0.3, 0.4) is 0 Å². The van der Waals surface area contributed by atoms with E-state index >= 15 is 0 Å². The second kappa shape index (κ2) is 4.81. The third kappa shape index (κ3) is 2.40. The first-order valence-electron chi connectivity index (χ1n) is 5.88. The van der Waals surface area contributed by atoms with Crippen molar-refractivity contribution in [2.45, 2.75) is 4.90 Å². The zero-order chi connectivity index (χ0) is 15.2. The molecule has 7 heteroatoms. The number of hydrogen-bond acceptors (Lipinski definition) is 3. The van der Waals surface area contributed by atoms with Crippen molar-refractivity contribution < 1.29 is 22.9 Å². The van der Waals surface area contributed by atoms with Crippen molar-refractivity contribution in [2.75, 3.05) is 0 Å². The largest absolute Gasteiger partial charge is 0.436 e. The lowest BCUT2D eigenvalue weighted by Gasteiger charge is -2.15. The SMILES string of the molecule is O=C1c2ccccc2C(=O)c2c([S+]=S(=O)(O)O)cccc21. The van der Waals surface area contributed by atoms with Crippen molar-refractivity contribution in [3.05, 3.63) is 64.7 Å². The molecule has 0 saturated carbocycles. The van der Waals surface area contributed by atoms with E-state index in [9.17, 15) is 13.8 Å². The first kappa shape index (κ1) is 14.0. The molecular weight excluding hydrogens is 312 g/mol. The van der Waals surface area contributed by atoms with Gasteiger partial charge in [0.1, 0.15) is 5.56 Å². The molecule has 2 N–H and O–H groups in total. The van der Waals surface area contributed by atoms with Crippen molar-refractivity contribution in [3.63, 3.8) is 0 Å². The van der Waals surface area contributed by atoms with Gasteiger partial charge in [0.05, 0.1) is 0 Å². The minimum Gasteiger partial charge on any atom is -0.289 e. The van der Waals surface area contributed by atoms with Crippen LogP contribution in [0.15, 0.2) is 47.4 Å².